The Morgan fingerprint density at radius 3 is 2.32 bits per heavy atom. The highest BCUT2D eigenvalue weighted by atomic mass is 16.2. The van der Waals surface area contributed by atoms with Crippen molar-refractivity contribution in [2.75, 3.05) is 6.54 Å². The minimum Gasteiger partial charge on any atom is -0.352 e. The molecule has 124 valence electrons. The van der Waals surface area contributed by atoms with Gasteiger partial charge >= 0.3 is 0 Å². The van der Waals surface area contributed by atoms with Gasteiger partial charge in [0.2, 0.25) is 11.8 Å². The molecule has 6 nitrogen and oxygen atoms in total. The minimum atomic E-state index is -0.174. The van der Waals surface area contributed by atoms with Crippen molar-refractivity contribution in [1.82, 2.24) is 20.4 Å². The zero-order valence-electron chi connectivity index (χ0n) is 14.5. The fourth-order valence-corrected chi connectivity index (χ4v) is 2.29. The Bertz CT molecular complexity index is 532. The third-order valence-electron chi connectivity index (χ3n) is 3.30. The van der Waals surface area contributed by atoms with Crippen molar-refractivity contribution in [3.8, 4) is 0 Å². The summed E-state index contributed by atoms with van der Waals surface area (Å²) in [5.41, 5.74) is 2.84. The van der Waals surface area contributed by atoms with Crippen LogP contribution in [0.3, 0.4) is 0 Å². The second kappa shape index (κ2) is 7.96. The van der Waals surface area contributed by atoms with Gasteiger partial charge in [0.1, 0.15) is 0 Å². The fourth-order valence-electron chi connectivity index (χ4n) is 2.29. The first-order chi connectivity index (χ1) is 10.2. The third kappa shape index (κ3) is 5.50. The van der Waals surface area contributed by atoms with Crippen molar-refractivity contribution in [1.29, 1.82) is 0 Å². The van der Waals surface area contributed by atoms with E-state index >= 15 is 0 Å². The lowest BCUT2D eigenvalue weighted by Gasteiger charge is -2.10. The summed E-state index contributed by atoms with van der Waals surface area (Å²) in [6, 6.07) is 0.0724. The maximum absolute atomic E-state index is 12.0. The number of aryl methyl sites for hydroxylation is 1. The minimum absolute atomic E-state index is 0.00917. The first kappa shape index (κ1) is 18.2. The topological polar surface area (TPSA) is 76.0 Å². The van der Waals surface area contributed by atoms with Gasteiger partial charge in [0.05, 0.1) is 18.7 Å². The van der Waals surface area contributed by atoms with Crippen LogP contribution in [0.5, 0.6) is 0 Å². The molecule has 0 radical (unpaired) electrons. The van der Waals surface area contributed by atoms with E-state index in [1.165, 1.54) is 0 Å². The summed E-state index contributed by atoms with van der Waals surface area (Å²) >= 11 is 0. The number of nitrogens with one attached hydrogen (secondary N) is 2. The Labute approximate surface area is 132 Å². The number of carbonyl (C=O) groups is 2. The molecule has 0 atom stereocenters. The normalized spacial score (nSPS) is 11.1. The number of carbonyl (C=O) groups excluding carboxylic acids is 2. The molecule has 2 N–H and O–H groups in total. The highest BCUT2D eigenvalue weighted by Gasteiger charge is 2.16. The molecule has 0 aliphatic heterocycles. The van der Waals surface area contributed by atoms with Gasteiger partial charge in [-0.2, -0.15) is 5.10 Å². The smallest absolute Gasteiger partial charge is 0.239 e. The number of hydrogen-bond acceptors (Lipinski definition) is 3. The quantitative estimate of drug-likeness (QED) is 0.798. The van der Waals surface area contributed by atoms with Crippen LogP contribution in [0.4, 0.5) is 0 Å². The Kier molecular flexibility index (Phi) is 6.59. The molecule has 0 unspecified atom stereocenters. The summed E-state index contributed by atoms with van der Waals surface area (Å²) in [6.07, 6.45) is 0.255. The number of rotatable bonds is 7. The molecule has 0 spiro atoms. The molecular weight excluding hydrogens is 280 g/mol. The van der Waals surface area contributed by atoms with Crippen LogP contribution in [-0.2, 0) is 22.6 Å². The fraction of sp³-hybridized carbons (Fsp3) is 0.688. The molecule has 1 aromatic rings. The second-order valence-corrected chi connectivity index (χ2v) is 6.40. The third-order valence-corrected chi connectivity index (χ3v) is 3.30. The Balaban J connectivity index is 2.61. The number of hydrogen-bond donors (Lipinski definition) is 2. The summed E-state index contributed by atoms with van der Waals surface area (Å²) in [7, 11) is 0. The highest BCUT2D eigenvalue weighted by molar-refractivity contribution is 5.86. The molecule has 1 rings (SSSR count). The van der Waals surface area contributed by atoms with Crippen molar-refractivity contribution < 1.29 is 9.59 Å². The standard InChI is InChI=1S/C16H28N4O2/c1-10(2)9-20-13(6)14(12(5)19-20)7-15(21)17-8-16(22)18-11(3)4/h10-11H,7-9H2,1-6H3,(H,17,21)(H,18,22). The largest absolute Gasteiger partial charge is 0.352 e. The van der Waals surface area contributed by atoms with Crippen LogP contribution < -0.4 is 10.6 Å². The predicted molar refractivity (Wildman–Crippen MR) is 86.5 cm³/mol. The number of aromatic nitrogens is 2. The van der Waals surface area contributed by atoms with Gasteiger partial charge in [-0.05, 0) is 33.6 Å². The second-order valence-electron chi connectivity index (χ2n) is 6.40. The van der Waals surface area contributed by atoms with Gasteiger partial charge in [0.15, 0.2) is 0 Å². The van der Waals surface area contributed by atoms with Crippen molar-refractivity contribution in [3.63, 3.8) is 0 Å². The van der Waals surface area contributed by atoms with Crippen LogP contribution in [0.15, 0.2) is 0 Å². The van der Waals surface area contributed by atoms with E-state index in [0.29, 0.717) is 5.92 Å². The summed E-state index contributed by atoms with van der Waals surface area (Å²) < 4.78 is 1.95. The van der Waals surface area contributed by atoms with Gasteiger partial charge in [-0.1, -0.05) is 13.8 Å². The average Bonchev–Trinajstić information content (AvgIpc) is 2.62. The van der Waals surface area contributed by atoms with Crippen LogP contribution in [0.2, 0.25) is 0 Å². The summed E-state index contributed by atoms with van der Waals surface area (Å²) in [5, 5.41) is 9.89. The van der Waals surface area contributed by atoms with Crippen molar-refractivity contribution in [2.24, 2.45) is 5.92 Å². The molecule has 1 heterocycles. The zero-order chi connectivity index (χ0) is 16.9. The molecule has 1 aromatic heterocycles. The molecule has 0 aliphatic carbocycles. The lowest BCUT2D eigenvalue weighted by molar-refractivity contribution is -0.126. The average molecular weight is 308 g/mol. The number of nitrogens with zero attached hydrogens (tertiary/aromatic N) is 2. The monoisotopic (exact) mass is 308 g/mol. The maximum Gasteiger partial charge on any atom is 0.239 e. The lowest BCUT2D eigenvalue weighted by atomic mass is 10.1. The molecule has 2 amide bonds. The van der Waals surface area contributed by atoms with Gasteiger partial charge in [-0.3, -0.25) is 14.3 Å². The Hall–Kier alpha value is -1.85. The van der Waals surface area contributed by atoms with Gasteiger partial charge in [-0.25, -0.2) is 0 Å². The number of amides is 2. The van der Waals surface area contributed by atoms with E-state index in [-0.39, 0.29) is 30.8 Å². The van der Waals surface area contributed by atoms with E-state index in [0.717, 1.165) is 23.5 Å². The molecule has 0 saturated heterocycles. The Morgan fingerprint density at radius 2 is 1.77 bits per heavy atom. The summed E-state index contributed by atoms with van der Waals surface area (Å²) in [6.45, 7) is 12.8. The molecule has 0 bridgehead atoms. The van der Waals surface area contributed by atoms with E-state index in [4.69, 9.17) is 0 Å². The predicted octanol–water partition coefficient (Wildman–Crippen LogP) is 1.34. The Morgan fingerprint density at radius 1 is 1.14 bits per heavy atom. The van der Waals surface area contributed by atoms with Crippen molar-refractivity contribution in [2.45, 2.75) is 60.5 Å². The highest BCUT2D eigenvalue weighted by Crippen LogP contribution is 2.15. The molecule has 0 fully saturated rings. The maximum atomic E-state index is 12.0. The van der Waals surface area contributed by atoms with Crippen molar-refractivity contribution >= 4 is 11.8 Å². The van der Waals surface area contributed by atoms with Crippen molar-refractivity contribution in [3.05, 3.63) is 17.0 Å². The van der Waals surface area contributed by atoms with Gasteiger partial charge < -0.3 is 10.6 Å². The molecule has 6 heteroatoms. The zero-order valence-corrected chi connectivity index (χ0v) is 14.5. The van der Waals surface area contributed by atoms with E-state index in [2.05, 4.69) is 29.6 Å². The molecule has 22 heavy (non-hydrogen) atoms. The molecular formula is C16H28N4O2. The first-order valence-electron chi connectivity index (χ1n) is 7.79. The molecule has 0 aromatic carbocycles. The van der Waals surface area contributed by atoms with Gasteiger partial charge in [0.25, 0.3) is 0 Å². The lowest BCUT2D eigenvalue weighted by Crippen LogP contribution is -2.40. The van der Waals surface area contributed by atoms with E-state index < -0.39 is 0 Å². The van der Waals surface area contributed by atoms with Crippen LogP contribution in [0.1, 0.15) is 44.6 Å². The molecule has 0 saturated carbocycles. The van der Waals surface area contributed by atoms with Gasteiger partial charge in [-0.15, -0.1) is 0 Å². The van der Waals surface area contributed by atoms with E-state index in [1.54, 1.807) is 0 Å². The summed E-state index contributed by atoms with van der Waals surface area (Å²) in [5.74, 6) is 0.168. The SMILES string of the molecule is Cc1nn(CC(C)C)c(C)c1CC(=O)NCC(=O)NC(C)C. The van der Waals surface area contributed by atoms with E-state index in [1.807, 2.05) is 32.4 Å². The first-order valence-corrected chi connectivity index (χ1v) is 7.79. The van der Waals surface area contributed by atoms with Crippen LogP contribution in [0.25, 0.3) is 0 Å². The van der Waals surface area contributed by atoms with Crippen LogP contribution >= 0.6 is 0 Å². The van der Waals surface area contributed by atoms with Crippen LogP contribution in [-0.4, -0.2) is 34.2 Å². The van der Waals surface area contributed by atoms with Crippen LogP contribution in [0, 0.1) is 19.8 Å². The van der Waals surface area contributed by atoms with E-state index in [9.17, 15) is 9.59 Å². The molecule has 0 aliphatic rings. The van der Waals surface area contributed by atoms with Gasteiger partial charge in [0, 0.05) is 23.8 Å². The summed E-state index contributed by atoms with van der Waals surface area (Å²) in [4.78, 5) is 23.5.